The summed E-state index contributed by atoms with van der Waals surface area (Å²) in [5.41, 5.74) is 2.09. The number of benzene rings is 2. The summed E-state index contributed by atoms with van der Waals surface area (Å²) in [6.07, 6.45) is 1.75. The summed E-state index contributed by atoms with van der Waals surface area (Å²) in [6.45, 7) is 3.79. The topological polar surface area (TPSA) is 20.3 Å². The number of amides is 1. The van der Waals surface area contributed by atoms with Gasteiger partial charge in [-0.05, 0) is 17.7 Å². The van der Waals surface area contributed by atoms with Crippen LogP contribution in [0.1, 0.15) is 11.6 Å². The Balaban J connectivity index is 2.00. The average molecular weight is 249 g/mol. The van der Waals surface area contributed by atoms with Crippen molar-refractivity contribution < 1.29 is 4.79 Å². The second kappa shape index (κ2) is 4.73. The van der Waals surface area contributed by atoms with Gasteiger partial charge in [0, 0.05) is 5.69 Å². The maximum absolute atomic E-state index is 12.2. The van der Waals surface area contributed by atoms with Crippen molar-refractivity contribution in [1.82, 2.24) is 0 Å². The molecule has 1 aliphatic rings. The molecule has 2 aromatic carbocycles. The van der Waals surface area contributed by atoms with Crippen LogP contribution in [0.15, 0.2) is 73.3 Å². The third-order valence-electron chi connectivity index (χ3n) is 3.57. The van der Waals surface area contributed by atoms with E-state index in [2.05, 4.69) is 18.7 Å². The van der Waals surface area contributed by atoms with Crippen molar-refractivity contribution in [1.29, 1.82) is 0 Å². The highest BCUT2D eigenvalue weighted by Crippen LogP contribution is 2.43. The molecule has 2 unspecified atom stereocenters. The molecule has 0 N–H and O–H groups in total. The van der Waals surface area contributed by atoms with E-state index in [1.54, 1.807) is 6.08 Å². The van der Waals surface area contributed by atoms with Crippen LogP contribution in [0.25, 0.3) is 0 Å². The lowest BCUT2D eigenvalue weighted by molar-refractivity contribution is -0.128. The quantitative estimate of drug-likeness (QED) is 0.601. The third-order valence-corrected chi connectivity index (χ3v) is 3.57. The van der Waals surface area contributed by atoms with E-state index in [0.717, 1.165) is 11.3 Å². The van der Waals surface area contributed by atoms with Gasteiger partial charge in [-0.25, -0.2) is 0 Å². The van der Waals surface area contributed by atoms with Gasteiger partial charge in [-0.15, -0.1) is 6.58 Å². The Bertz CT molecular complexity index is 591. The Morgan fingerprint density at radius 3 is 2.11 bits per heavy atom. The molecule has 0 radical (unpaired) electrons. The van der Waals surface area contributed by atoms with E-state index in [1.807, 2.05) is 53.4 Å². The van der Waals surface area contributed by atoms with E-state index in [1.165, 1.54) is 0 Å². The molecular formula is C17H15NO. The molecule has 1 amide bonds. The van der Waals surface area contributed by atoms with Crippen LogP contribution in [-0.4, -0.2) is 5.91 Å². The van der Waals surface area contributed by atoms with Gasteiger partial charge in [0.05, 0.1) is 12.0 Å². The highest BCUT2D eigenvalue weighted by Gasteiger charge is 2.46. The van der Waals surface area contributed by atoms with Crippen molar-refractivity contribution in [3.63, 3.8) is 0 Å². The lowest BCUT2D eigenvalue weighted by atomic mass is 9.82. The zero-order valence-corrected chi connectivity index (χ0v) is 10.6. The van der Waals surface area contributed by atoms with Gasteiger partial charge < -0.3 is 4.90 Å². The number of para-hydroxylation sites is 1. The third kappa shape index (κ3) is 1.85. The summed E-state index contributed by atoms with van der Waals surface area (Å²) in [7, 11) is 0. The maximum Gasteiger partial charge on any atom is 0.236 e. The Labute approximate surface area is 113 Å². The molecule has 2 atom stereocenters. The largest absolute Gasteiger partial charge is 0.303 e. The second-order valence-corrected chi connectivity index (χ2v) is 4.66. The Hall–Kier alpha value is -2.35. The minimum atomic E-state index is -0.123. The van der Waals surface area contributed by atoms with Crippen LogP contribution >= 0.6 is 0 Å². The van der Waals surface area contributed by atoms with E-state index in [0.29, 0.717) is 0 Å². The van der Waals surface area contributed by atoms with Crippen LogP contribution in [0.4, 0.5) is 5.69 Å². The fourth-order valence-electron chi connectivity index (χ4n) is 2.62. The molecule has 1 aliphatic heterocycles. The van der Waals surface area contributed by atoms with E-state index >= 15 is 0 Å². The molecule has 1 fully saturated rings. The Kier molecular flexibility index (Phi) is 2.92. The Morgan fingerprint density at radius 2 is 1.53 bits per heavy atom. The molecular weight excluding hydrogens is 234 g/mol. The smallest absolute Gasteiger partial charge is 0.236 e. The zero-order chi connectivity index (χ0) is 13.2. The number of β-lactam (4-membered cyclic amide) rings is 1. The first kappa shape index (κ1) is 11.7. The SMILES string of the molecule is C=CC1C(=O)N(c2ccccc2)C1c1ccccc1. The van der Waals surface area contributed by atoms with Crippen LogP contribution in [0, 0.1) is 5.92 Å². The molecule has 94 valence electrons. The number of carbonyl (C=O) groups excluding carboxylic acids is 1. The van der Waals surface area contributed by atoms with Gasteiger partial charge in [0.15, 0.2) is 0 Å². The van der Waals surface area contributed by atoms with Crippen LogP contribution in [0.5, 0.6) is 0 Å². The van der Waals surface area contributed by atoms with Crippen LogP contribution in [0.3, 0.4) is 0 Å². The van der Waals surface area contributed by atoms with Gasteiger partial charge >= 0.3 is 0 Å². The van der Waals surface area contributed by atoms with Crippen molar-refractivity contribution in [2.24, 2.45) is 5.92 Å². The summed E-state index contributed by atoms with van der Waals surface area (Å²) in [5.74, 6) is -0.00217. The summed E-state index contributed by atoms with van der Waals surface area (Å²) in [5, 5.41) is 0. The second-order valence-electron chi connectivity index (χ2n) is 4.66. The van der Waals surface area contributed by atoms with E-state index in [4.69, 9.17) is 0 Å². The van der Waals surface area contributed by atoms with Crippen LogP contribution in [0.2, 0.25) is 0 Å². The summed E-state index contributed by atoms with van der Waals surface area (Å²) in [4.78, 5) is 14.1. The van der Waals surface area contributed by atoms with Crippen molar-refractivity contribution in [2.75, 3.05) is 4.90 Å². The molecule has 2 nitrogen and oxygen atoms in total. The molecule has 1 heterocycles. The minimum absolute atomic E-state index is 0.0635. The van der Waals surface area contributed by atoms with Crippen molar-refractivity contribution in [2.45, 2.75) is 6.04 Å². The van der Waals surface area contributed by atoms with Gasteiger partial charge in [-0.1, -0.05) is 54.6 Å². The first-order valence-corrected chi connectivity index (χ1v) is 6.38. The first-order chi connectivity index (χ1) is 9.33. The normalized spacial score (nSPS) is 21.9. The first-order valence-electron chi connectivity index (χ1n) is 6.38. The molecule has 0 saturated carbocycles. The molecule has 0 aromatic heterocycles. The van der Waals surface area contributed by atoms with Gasteiger partial charge in [0.2, 0.25) is 5.91 Å². The molecule has 2 heteroatoms. The maximum atomic E-state index is 12.2. The number of carbonyl (C=O) groups is 1. The van der Waals surface area contributed by atoms with Crippen LogP contribution < -0.4 is 4.90 Å². The van der Waals surface area contributed by atoms with Crippen molar-refractivity contribution >= 4 is 11.6 Å². The van der Waals surface area contributed by atoms with Gasteiger partial charge in [-0.2, -0.15) is 0 Å². The monoisotopic (exact) mass is 249 g/mol. The molecule has 0 bridgehead atoms. The number of hydrogen-bond donors (Lipinski definition) is 0. The Morgan fingerprint density at radius 1 is 0.947 bits per heavy atom. The molecule has 1 saturated heterocycles. The molecule has 2 aromatic rings. The minimum Gasteiger partial charge on any atom is -0.303 e. The van der Waals surface area contributed by atoms with Gasteiger partial charge in [0.25, 0.3) is 0 Å². The highest BCUT2D eigenvalue weighted by atomic mass is 16.2. The predicted octanol–water partition coefficient (Wildman–Crippen LogP) is 3.58. The number of hydrogen-bond acceptors (Lipinski definition) is 1. The summed E-state index contributed by atoms with van der Waals surface area (Å²) in [6, 6.07) is 20.0. The fraction of sp³-hybridized carbons (Fsp3) is 0.118. The highest BCUT2D eigenvalue weighted by molar-refractivity contribution is 6.04. The van der Waals surface area contributed by atoms with Gasteiger partial charge in [-0.3, -0.25) is 4.79 Å². The molecule has 3 rings (SSSR count). The predicted molar refractivity (Wildman–Crippen MR) is 76.8 cm³/mol. The van der Waals surface area contributed by atoms with Crippen molar-refractivity contribution in [3.8, 4) is 0 Å². The van der Waals surface area contributed by atoms with E-state index < -0.39 is 0 Å². The molecule has 0 aliphatic carbocycles. The lowest BCUT2D eigenvalue weighted by Crippen LogP contribution is -2.54. The lowest BCUT2D eigenvalue weighted by Gasteiger charge is -2.46. The van der Waals surface area contributed by atoms with Crippen LogP contribution in [-0.2, 0) is 4.79 Å². The molecule has 0 spiro atoms. The summed E-state index contributed by atoms with van der Waals surface area (Å²) >= 11 is 0. The van der Waals surface area contributed by atoms with Crippen molar-refractivity contribution in [3.05, 3.63) is 78.9 Å². The number of anilines is 1. The number of rotatable bonds is 3. The average Bonchev–Trinajstić information content (AvgIpc) is 2.47. The van der Waals surface area contributed by atoms with Gasteiger partial charge in [0.1, 0.15) is 0 Å². The molecule has 19 heavy (non-hydrogen) atoms. The number of nitrogens with zero attached hydrogens (tertiary/aromatic N) is 1. The zero-order valence-electron chi connectivity index (χ0n) is 10.6. The standard InChI is InChI=1S/C17H15NO/c1-2-15-16(13-9-5-3-6-10-13)18(17(15)19)14-11-7-4-8-12-14/h2-12,15-16H,1H2. The van der Waals surface area contributed by atoms with E-state index in [-0.39, 0.29) is 17.9 Å². The fourth-order valence-corrected chi connectivity index (χ4v) is 2.62. The van der Waals surface area contributed by atoms with E-state index in [9.17, 15) is 4.79 Å². The summed E-state index contributed by atoms with van der Waals surface area (Å²) < 4.78 is 0.